The highest BCUT2D eigenvalue weighted by atomic mass is 16.8. The fraction of sp³-hybridized carbons (Fsp3) is 0.929. The molecule has 1 fully saturated rings. The molecular weight excluding hydrogens is 248 g/mol. The summed E-state index contributed by atoms with van der Waals surface area (Å²) in [5.74, 6) is -0.605. The molecule has 19 heavy (non-hydrogen) atoms. The Hall–Kier alpha value is -0.810. The van der Waals surface area contributed by atoms with E-state index in [9.17, 15) is 4.79 Å². The van der Waals surface area contributed by atoms with Gasteiger partial charge in [0.05, 0.1) is 13.2 Å². The first kappa shape index (κ1) is 16.2. The summed E-state index contributed by atoms with van der Waals surface area (Å²) >= 11 is 0. The van der Waals surface area contributed by atoms with E-state index in [1.807, 2.05) is 13.8 Å². The summed E-state index contributed by atoms with van der Waals surface area (Å²) in [6, 6.07) is 0. The predicted molar refractivity (Wildman–Crippen MR) is 70.9 cm³/mol. The third-order valence-electron chi connectivity index (χ3n) is 3.05. The van der Waals surface area contributed by atoms with Crippen LogP contribution in [0.15, 0.2) is 0 Å². The van der Waals surface area contributed by atoms with Crippen LogP contribution in [0.4, 0.5) is 4.79 Å². The smallest absolute Gasteiger partial charge is 0.435 e. The molecule has 0 amide bonds. The number of hydrogen-bond acceptors (Lipinski definition) is 5. The van der Waals surface area contributed by atoms with Crippen LogP contribution in [0.25, 0.3) is 0 Å². The van der Waals surface area contributed by atoms with Crippen LogP contribution < -0.4 is 0 Å². The number of rotatable bonds is 7. The van der Waals surface area contributed by atoms with E-state index >= 15 is 0 Å². The van der Waals surface area contributed by atoms with Gasteiger partial charge in [-0.3, -0.25) is 0 Å². The molecule has 0 unspecified atom stereocenters. The Labute approximate surface area is 115 Å². The zero-order valence-electron chi connectivity index (χ0n) is 12.4. The van der Waals surface area contributed by atoms with E-state index in [-0.39, 0.29) is 12.2 Å². The van der Waals surface area contributed by atoms with Gasteiger partial charge in [-0.2, -0.15) is 0 Å². The third-order valence-corrected chi connectivity index (χ3v) is 3.05. The van der Waals surface area contributed by atoms with Crippen molar-refractivity contribution in [1.29, 1.82) is 0 Å². The van der Waals surface area contributed by atoms with Gasteiger partial charge in [0.15, 0.2) is 5.79 Å². The summed E-state index contributed by atoms with van der Waals surface area (Å²) in [4.78, 5) is 11.5. The van der Waals surface area contributed by atoms with Crippen LogP contribution in [0.2, 0.25) is 0 Å². The molecule has 2 atom stereocenters. The molecule has 0 aliphatic carbocycles. The molecule has 0 radical (unpaired) electrons. The summed E-state index contributed by atoms with van der Waals surface area (Å²) in [5, 5.41) is 0. The molecule has 1 rings (SSSR count). The standard InChI is InChI=1S/C14H26O5/c1-5-7-8-9-11(18-13(15)16-6-2)12-10-17-14(3,4)19-12/h11-12H,5-10H2,1-4H3/t11-,12+/m0/s1. The fourth-order valence-electron chi connectivity index (χ4n) is 2.09. The van der Waals surface area contributed by atoms with Gasteiger partial charge >= 0.3 is 6.16 Å². The van der Waals surface area contributed by atoms with Gasteiger partial charge in [0.1, 0.15) is 12.2 Å². The summed E-state index contributed by atoms with van der Waals surface area (Å²) in [7, 11) is 0. The molecule has 0 aromatic carbocycles. The Kier molecular flexibility index (Phi) is 6.58. The Bertz CT molecular complexity index is 277. The highest BCUT2D eigenvalue weighted by Crippen LogP contribution is 2.27. The Balaban J connectivity index is 2.51. The molecule has 1 aliphatic rings. The van der Waals surface area contributed by atoms with Crippen molar-refractivity contribution >= 4 is 6.16 Å². The van der Waals surface area contributed by atoms with Crippen LogP contribution in [-0.4, -0.2) is 37.4 Å². The van der Waals surface area contributed by atoms with Gasteiger partial charge < -0.3 is 18.9 Å². The van der Waals surface area contributed by atoms with Crippen molar-refractivity contribution in [3.63, 3.8) is 0 Å². The van der Waals surface area contributed by atoms with Crippen LogP contribution in [0.5, 0.6) is 0 Å². The average Bonchev–Trinajstić information content (AvgIpc) is 2.69. The lowest BCUT2D eigenvalue weighted by molar-refractivity contribution is -0.153. The monoisotopic (exact) mass is 274 g/mol. The van der Waals surface area contributed by atoms with E-state index in [0.717, 1.165) is 25.7 Å². The topological polar surface area (TPSA) is 54.0 Å². The summed E-state index contributed by atoms with van der Waals surface area (Å²) in [5.41, 5.74) is 0. The molecule has 0 saturated carbocycles. The van der Waals surface area contributed by atoms with Crippen LogP contribution in [0.1, 0.15) is 53.4 Å². The minimum Gasteiger partial charge on any atom is -0.435 e. The minimum absolute atomic E-state index is 0.212. The van der Waals surface area contributed by atoms with Crippen molar-refractivity contribution in [3.05, 3.63) is 0 Å². The van der Waals surface area contributed by atoms with Crippen molar-refractivity contribution < 1.29 is 23.7 Å². The minimum atomic E-state index is -0.627. The SMILES string of the molecule is CCCCC[C@H](OC(=O)OCC)[C@H]1COC(C)(C)O1. The lowest BCUT2D eigenvalue weighted by Gasteiger charge is -2.24. The fourth-order valence-corrected chi connectivity index (χ4v) is 2.09. The largest absolute Gasteiger partial charge is 0.508 e. The Morgan fingerprint density at radius 1 is 1.37 bits per heavy atom. The van der Waals surface area contributed by atoms with Gasteiger partial charge in [-0.1, -0.05) is 19.8 Å². The quantitative estimate of drug-likeness (QED) is 0.527. The van der Waals surface area contributed by atoms with Crippen LogP contribution in [-0.2, 0) is 18.9 Å². The van der Waals surface area contributed by atoms with Crippen molar-refractivity contribution in [2.75, 3.05) is 13.2 Å². The van der Waals surface area contributed by atoms with E-state index in [1.54, 1.807) is 6.92 Å². The Morgan fingerprint density at radius 2 is 2.11 bits per heavy atom. The van der Waals surface area contributed by atoms with E-state index in [2.05, 4.69) is 6.92 Å². The van der Waals surface area contributed by atoms with Gasteiger partial charge in [-0.05, 0) is 33.6 Å². The molecule has 1 heterocycles. The van der Waals surface area contributed by atoms with Gasteiger partial charge in [-0.15, -0.1) is 0 Å². The first-order chi connectivity index (χ1) is 8.98. The van der Waals surface area contributed by atoms with E-state index < -0.39 is 11.9 Å². The molecule has 5 heteroatoms. The molecule has 112 valence electrons. The second-order valence-electron chi connectivity index (χ2n) is 5.20. The zero-order valence-corrected chi connectivity index (χ0v) is 12.4. The van der Waals surface area contributed by atoms with Crippen molar-refractivity contribution in [1.82, 2.24) is 0 Å². The summed E-state index contributed by atoms with van der Waals surface area (Å²) in [6.07, 6.45) is 2.87. The molecule has 5 nitrogen and oxygen atoms in total. The normalized spacial score (nSPS) is 23.1. The predicted octanol–water partition coefficient (Wildman–Crippen LogP) is 3.26. The number of carbonyl (C=O) groups excluding carboxylic acids is 1. The third kappa shape index (κ3) is 5.78. The molecule has 0 aromatic heterocycles. The van der Waals surface area contributed by atoms with Crippen molar-refractivity contribution in [3.8, 4) is 0 Å². The van der Waals surface area contributed by atoms with Gasteiger partial charge in [0.2, 0.25) is 0 Å². The maximum atomic E-state index is 11.5. The molecule has 0 bridgehead atoms. The molecular formula is C14H26O5. The van der Waals surface area contributed by atoms with Crippen LogP contribution in [0, 0.1) is 0 Å². The average molecular weight is 274 g/mol. The number of ether oxygens (including phenoxy) is 4. The van der Waals surface area contributed by atoms with E-state index in [1.165, 1.54) is 0 Å². The van der Waals surface area contributed by atoms with Crippen molar-refractivity contribution in [2.45, 2.75) is 71.4 Å². The van der Waals surface area contributed by atoms with Gasteiger partial charge in [0.25, 0.3) is 0 Å². The lowest BCUT2D eigenvalue weighted by Crippen LogP contribution is -2.35. The number of hydrogen-bond donors (Lipinski definition) is 0. The second kappa shape index (κ2) is 7.70. The van der Waals surface area contributed by atoms with E-state index in [0.29, 0.717) is 13.2 Å². The molecule has 0 spiro atoms. The lowest BCUT2D eigenvalue weighted by atomic mass is 10.1. The second-order valence-corrected chi connectivity index (χ2v) is 5.20. The number of carbonyl (C=O) groups is 1. The van der Waals surface area contributed by atoms with Crippen molar-refractivity contribution in [2.24, 2.45) is 0 Å². The zero-order chi connectivity index (χ0) is 14.3. The molecule has 1 saturated heterocycles. The van der Waals surface area contributed by atoms with E-state index in [4.69, 9.17) is 18.9 Å². The molecule has 1 aliphatic heterocycles. The molecule has 0 N–H and O–H groups in total. The maximum absolute atomic E-state index is 11.5. The highest BCUT2D eigenvalue weighted by Gasteiger charge is 2.39. The summed E-state index contributed by atoms with van der Waals surface area (Å²) < 4.78 is 21.5. The first-order valence-corrected chi connectivity index (χ1v) is 7.13. The highest BCUT2D eigenvalue weighted by molar-refractivity contribution is 5.60. The first-order valence-electron chi connectivity index (χ1n) is 7.13. The van der Waals surface area contributed by atoms with Crippen LogP contribution >= 0.6 is 0 Å². The van der Waals surface area contributed by atoms with Gasteiger partial charge in [-0.25, -0.2) is 4.79 Å². The van der Waals surface area contributed by atoms with Crippen LogP contribution in [0.3, 0.4) is 0 Å². The van der Waals surface area contributed by atoms with Gasteiger partial charge in [0, 0.05) is 0 Å². The number of unbranched alkanes of at least 4 members (excludes halogenated alkanes) is 2. The maximum Gasteiger partial charge on any atom is 0.508 e. The molecule has 0 aromatic rings. The summed E-state index contributed by atoms with van der Waals surface area (Å²) in [6.45, 7) is 8.38. The Morgan fingerprint density at radius 3 is 2.63 bits per heavy atom.